The molecule has 0 spiro atoms. The highest BCUT2D eigenvalue weighted by Gasteiger charge is 2.41. The van der Waals surface area contributed by atoms with Crippen molar-refractivity contribution in [1.82, 2.24) is 4.90 Å². The molecule has 0 N–H and O–H groups in total. The molecular weight excluding hydrogens is 420 g/mol. The van der Waals surface area contributed by atoms with Gasteiger partial charge in [-0.1, -0.05) is 60.7 Å². The Kier molecular flexibility index (Phi) is 5.37. The molecule has 2 aliphatic rings. The van der Waals surface area contributed by atoms with Gasteiger partial charge in [0, 0.05) is 23.1 Å². The van der Waals surface area contributed by atoms with E-state index in [4.69, 9.17) is 12.2 Å². The first kappa shape index (κ1) is 18.6. The van der Waals surface area contributed by atoms with E-state index in [0.29, 0.717) is 33.8 Å². The fourth-order valence-electron chi connectivity index (χ4n) is 3.04. The summed E-state index contributed by atoms with van der Waals surface area (Å²) >= 11 is 10.1. The smallest absolute Gasteiger partial charge is 0.267 e. The van der Waals surface area contributed by atoms with Gasteiger partial charge in [-0.3, -0.25) is 14.5 Å². The Labute approximate surface area is 165 Å². The lowest BCUT2D eigenvalue weighted by atomic mass is 10.1. The third kappa shape index (κ3) is 3.29. The van der Waals surface area contributed by atoms with Gasteiger partial charge in [-0.2, -0.15) is 0 Å². The van der Waals surface area contributed by atoms with Crippen LogP contribution in [0.5, 0.6) is 0 Å². The average molecular weight is 439 g/mol. The van der Waals surface area contributed by atoms with Crippen LogP contribution in [0.4, 0.5) is 5.69 Å². The summed E-state index contributed by atoms with van der Waals surface area (Å²) in [5.74, 6) is 0.0421. The van der Waals surface area contributed by atoms with E-state index in [2.05, 4.69) is 15.9 Å². The lowest BCUT2D eigenvalue weighted by Gasteiger charge is -2.16. The maximum atomic E-state index is 13.1. The summed E-state index contributed by atoms with van der Waals surface area (Å²) in [6.45, 7) is 7.32. The summed E-state index contributed by atoms with van der Waals surface area (Å²) in [4.78, 5) is 29.8. The quantitative estimate of drug-likeness (QED) is 0.514. The normalized spacial score (nSPS) is 20.3. The second kappa shape index (κ2) is 7.21. The van der Waals surface area contributed by atoms with Gasteiger partial charge in [-0.25, -0.2) is 0 Å². The van der Waals surface area contributed by atoms with E-state index in [1.54, 1.807) is 9.80 Å². The van der Waals surface area contributed by atoms with Crippen LogP contribution in [0.15, 0.2) is 27.6 Å². The van der Waals surface area contributed by atoms with Crippen molar-refractivity contribution in [1.29, 1.82) is 0 Å². The average Bonchev–Trinajstić information content (AvgIpc) is 2.96. The number of hydrogen-bond donors (Lipinski definition) is 0. The van der Waals surface area contributed by atoms with Gasteiger partial charge >= 0.3 is 0 Å². The third-order valence-electron chi connectivity index (χ3n) is 4.05. The minimum atomic E-state index is -0.156. The molecule has 0 atom stereocenters. The Balaban J connectivity index is 2.12. The molecule has 132 valence electrons. The van der Waals surface area contributed by atoms with Crippen LogP contribution in [0.2, 0.25) is 0 Å². The number of fused-ring (bicyclic) bond motifs is 1. The van der Waals surface area contributed by atoms with Gasteiger partial charge in [0.1, 0.15) is 4.32 Å². The summed E-state index contributed by atoms with van der Waals surface area (Å²) in [7, 11) is 0. The van der Waals surface area contributed by atoms with Crippen LogP contribution < -0.4 is 4.90 Å². The number of halogens is 1. The van der Waals surface area contributed by atoms with Crippen molar-refractivity contribution in [3.63, 3.8) is 0 Å². The lowest BCUT2D eigenvalue weighted by Crippen LogP contribution is -2.32. The number of thiocarbonyl (C=S) groups is 1. The van der Waals surface area contributed by atoms with Gasteiger partial charge in [0.25, 0.3) is 11.8 Å². The summed E-state index contributed by atoms with van der Waals surface area (Å²) in [5, 5.41) is 0. The van der Waals surface area contributed by atoms with Crippen LogP contribution >= 0.6 is 39.9 Å². The maximum Gasteiger partial charge on any atom is 0.267 e. The summed E-state index contributed by atoms with van der Waals surface area (Å²) < 4.78 is 1.41. The molecule has 0 aliphatic carbocycles. The number of benzene rings is 1. The molecule has 2 aliphatic heterocycles. The highest BCUT2D eigenvalue weighted by molar-refractivity contribution is 9.10. The molecular formula is C18H19BrN2O2S2. The first-order chi connectivity index (χ1) is 11.8. The number of hydrogen-bond acceptors (Lipinski definition) is 4. The van der Waals surface area contributed by atoms with Crippen LogP contribution in [0, 0.1) is 5.92 Å². The van der Waals surface area contributed by atoms with Crippen LogP contribution in [0.3, 0.4) is 0 Å². The topological polar surface area (TPSA) is 40.6 Å². The van der Waals surface area contributed by atoms with Gasteiger partial charge in [0.2, 0.25) is 0 Å². The molecule has 2 heterocycles. The summed E-state index contributed by atoms with van der Waals surface area (Å²) in [6.07, 6.45) is 0.850. The number of amides is 2. The zero-order valence-corrected chi connectivity index (χ0v) is 17.6. The standard InChI is InChI=1S/C18H19BrN2O2S2/c1-4-7-20-13-6-5-11(19)8-12(13)14(16(20)22)15-17(23)21(9-10(2)3)18(24)25-15/h5-6,8,10H,4,7,9H2,1-3H3/b15-14+. The molecule has 3 rings (SSSR count). The number of rotatable bonds is 4. The minimum Gasteiger partial charge on any atom is -0.308 e. The van der Waals surface area contributed by atoms with Gasteiger partial charge < -0.3 is 4.90 Å². The van der Waals surface area contributed by atoms with Crippen molar-refractivity contribution < 1.29 is 9.59 Å². The number of carbonyl (C=O) groups is 2. The fourth-order valence-corrected chi connectivity index (χ4v) is 4.75. The van der Waals surface area contributed by atoms with Gasteiger partial charge in [0.15, 0.2) is 0 Å². The van der Waals surface area contributed by atoms with E-state index in [-0.39, 0.29) is 11.8 Å². The molecule has 0 aromatic heterocycles. The lowest BCUT2D eigenvalue weighted by molar-refractivity contribution is -0.122. The highest BCUT2D eigenvalue weighted by Crippen LogP contribution is 2.45. The molecule has 0 radical (unpaired) electrons. The van der Waals surface area contributed by atoms with Crippen LogP contribution in [-0.4, -0.2) is 34.1 Å². The van der Waals surface area contributed by atoms with Crippen molar-refractivity contribution in [2.24, 2.45) is 5.92 Å². The molecule has 1 aromatic rings. The first-order valence-electron chi connectivity index (χ1n) is 8.24. The van der Waals surface area contributed by atoms with Crippen molar-refractivity contribution in [3.8, 4) is 0 Å². The predicted octanol–water partition coefficient (Wildman–Crippen LogP) is 4.43. The van der Waals surface area contributed by atoms with Crippen molar-refractivity contribution >= 4 is 67.3 Å². The Morgan fingerprint density at radius 1 is 1.20 bits per heavy atom. The van der Waals surface area contributed by atoms with E-state index in [1.165, 1.54) is 11.8 Å². The monoisotopic (exact) mass is 438 g/mol. The Bertz CT molecular complexity index is 804. The number of carbonyl (C=O) groups excluding carboxylic acids is 2. The van der Waals surface area contributed by atoms with E-state index < -0.39 is 0 Å². The Hall–Kier alpha value is -1.18. The van der Waals surface area contributed by atoms with Crippen molar-refractivity contribution in [3.05, 3.63) is 33.1 Å². The van der Waals surface area contributed by atoms with Gasteiger partial charge in [-0.15, -0.1) is 0 Å². The Morgan fingerprint density at radius 2 is 1.92 bits per heavy atom. The number of anilines is 1. The van der Waals surface area contributed by atoms with Crippen molar-refractivity contribution in [2.45, 2.75) is 27.2 Å². The summed E-state index contributed by atoms with van der Waals surface area (Å²) in [5.41, 5.74) is 2.14. The second-order valence-electron chi connectivity index (χ2n) is 6.50. The fraction of sp³-hybridized carbons (Fsp3) is 0.389. The van der Waals surface area contributed by atoms with Crippen LogP contribution in [0.25, 0.3) is 5.57 Å². The SMILES string of the molecule is CCCN1C(=O)/C(=C2/SC(=S)N(CC(C)C)C2=O)c2cc(Br)ccc21. The zero-order chi connectivity index (χ0) is 18.3. The second-order valence-corrected chi connectivity index (χ2v) is 9.06. The van der Waals surface area contributed by atoms with E-state index >= 15 is 0 Å². The van der Waals surface area contributed by atoms with E-state index in [1.807, 2.05) is 39.0 Å². The maximum absolute atomic E-state index is 13.1. The van der Waals surface area contributed by atoms with E-state index in [0.717, 1.165) is 22.1 Å². The van der Waals surface area contributed by atoms with Crippen LogP contribution in [-0.2, 0) is 9.59 Å². The molecule has 25 heavy (non-hydrogen) atoms. The molecule has 1 saturated heterocycles. The van der Waals surface area contributed by atoms with Crippen molar-refractivity contribution in [2.75, 3.05) is 18.0 Å². The number of thioether (sulfide) groups is 1. The molecule has 7 heteroatoms. The van der Waals surface area contributed by atoms with Gasteiger partial charge in [0.05, 0.1) is 16.2 Å². The zero-order valence-electron chi connectivity index (χ0n) is 14.3. The Morgan fingerprint density at radius 3 is 2.56 bits per heavy atom. The first-order valence-corrected chi connectivity index (χ1v) is 10.3. The molecule has 0 unspecified atom stereocenters. The third-order valence-corrected chi connectivity index (χ3v) is 5.99. The van der Waals surface area contributed by atoms with Gasteiger partial charge in [-0.05, 0) is 30.5 Å². The molecule has 0 bridgehead atoms. The summed E-state index contributed by atoms with van der Waals surface area (Å²) in [6, 6.07) is 5.75. The van der Waals surface area contributed by atoms with Crippen LogP contribution in [0.1, 0.15) is 32.8 Å². The predicted molar refractivity (Wildman–Crippen MR) is 110 cm³/mol. The highest BCUT2D eigenvalue weighted by atomic mass is 79.9. The minimum absolute atomic E-state index is 0.111. The molecule has 1 aromatic carbocycles. The number of nitrogens with zero attached hydrogens (tertiary/aromatic N) is 2. The molecule has 1 fully saturated rings. The van der Waals surface area contributed by atoms with E-state index in [9.17, 15) is 9.59 Å². The largest absolute Gasteiger partial charge is 0.308 e. The molecule has 4 nitrogen and oxygen atoms in total. The molecule has 0 saturated carbocycles. The molecule has 2 amide bonds.